The molecule has 1 saturated carbocycles. The van der Waals surface area contributed by atoms with E-state index >= 15 is 0 Å². The molecule has 0 spiro atoms. The van der Waals surface area contributed by atoms with E-state index in [9.17, 15) is 9.59 Å². The smallest absolute Gasteiger partial charge is 0.407 e. The minimum atomic E-state index is -0.402. The number of carbonyl (C=O) groups excluding carboxylic acids is 2. The maximum atomic E-state index is 11.1. The van der Waals surface area contributed by atoms with Crippen molar-refractivity contribution in [2.45, 2.75) is 26.2 Å². The van der Waals surface area contributed by atoms with Gasteiger partial charge in [0.1, 0.15) is 0 Å². The Kier molecular flexibility index (Phi) is 5.52. The van der Waals surface area contributed by atoms with Gasteiger partial charge < -0.3 is 14.8 Å². The van der Waals surface area contributed by atoms with E-state index < -0.39 is 12.1 Å². The van der Waals surface area contributed by atoms with Crippen molar-refractivity contribution in [1.29, 1.82) is 0 Å². The molecule has 0 unspecified atom stereocenters. The Morgan fingerprint density at radius 3 is 2.65 bits per heavy atom. The molecule has 0 aliphatic heterocycles. The van der Waals surface area contributed by atoms with Crippen molar-refractivity contribution < 1.29 is 19.1 Å². The van der Waals surface area contributed by atoms with Crippen molar-refractivity contribution in [3.05, 3.63) is 12.2 Å². The fourth-order valence-corrected chi connectivity index (χ4v) is 1.08. The second-order valence-electron chi connectivity index (χ2n) is 4.24. The summed E-state index contributed by atoms with van der Waals surface area (Å²) < 4.78 is 9.82. The lowest BCUT2D eigenvalue weighted by molar-refractivity contribution is -0.138. The van der Waals surface area contributed by atoms with Gasteiger partial charge in [-0.2, -0.15) is 0 Å². The van der Waals surface area contributed by atoms with Crippen molar-refractivity contribution in [1.82, 2.24) is 5.32 Å². The lowest BCUT2D eigenvalue weighted by Gasteiger charge is -2.07. The minimum Gasteiger partial charge on any atom is -0.462 e. The van der Waals surface area contributed by atoms with Gasteiger partial charge in [-0.25, -0.2) is 9.59 Å². The number of carbonyl (C=O) groups is 2. The van der Waals surface area contributed by atoms with Crippen LogP contribution < -0.4 is 5.32 Å². The van der Waals surface area contributed by atoms with Gasteiger partial charge in [-0.1, -0.05) is 6.58 Å². The van der Waals surface area contributed by atoms with E-state index in [2.05, 4.69) is 11.9 Å². The van der Waals surface area contributed by atoms with Crippen LogP contribution >= 0.6 is 0 Å². The Hall–Kier alpha value is -1.52. The first-order valence-corrected chi connectivity index (χ1v) is 5.83. The molecule has 0 saturated heterocycles. The third-order valence-corrected chi connectivity index (χ3v) is 2.32. The van der Waals surface area contributed by atoms with E-state index in [1.165, 1.54) is 0 Å². The second-order valence-corrected chi connectivity index (χ2v) is 4.24. The van der Waals surface area contributed by atoms with Crippen LogP contribution in [0.1, 0.15) is 26.2 Å². The van der Waals surface area contributed by atoms with Crippen LogP contribution in [0, 0.1) is 5.92 Å². The first kappa shape index (κ1) is 13.5. The van der Waals surface area contributed by atoms with E-state index in [-0.39, 0.29) is 6.61 Å². The molecule has 1 aliphatic rings. The SMILES string of the molecule is C=C(C)C(=O)OCCCNC(=O)OCC1CC1. The number of rotatable bonds is 7. The molecule has 0 atom stereocenters. The quantitative estimate of drug-likeness (QED) is 0.418. The van der Waals surface area contributed by atoms with Crippen molar-refractivity contribution >= 4 is 12.1 Å². The lowest BCUT2D eigenvalue weighted by atomic mass is 10.3. The summed E-state index contributed by atoms with van der Waals surface area (Å²) in [4.78, 5) is 22.1. The summed E-state index contributed by atoms with van der Waals surface area (Å²) in [5.41, 5.74) is 0.377. The number of hydrogen-bond donors (Lipinski definition) is 1. The van der Waals surface area contributed by atoms with Crippen molar-refractivity contribution in [3.8, 4) is 0 Å². The molecule has 1 N–H and O–H groups in total. The highest BCUT2D eigenvalue weighted by molar-refractivity contribution is 5.86. The normalized spacial score (nSPS) is 13.9. The van der Waals surface area contributed by atoms with E-state index in [1.54, 1.807) is 6.92 Å². The largest absolute Gasteiger partial charge is 0.462 e. The maximum Gasteiger partial charge on any atom is 0.407 e. The topological polar surface area (TPSA) is 64.6 Å². The van der Waals surface area contributed by atoms with Gasteiger partial charge in [0.25, 0.3) is 0 Å². The second kappa shape index (κ2) is 6.93. The molecule has 0 radical (unpaired) electrons. The summed E-state index contributed by atoms with van der Waals surface area (Å²) >= 11 is 0. The summed E-state index contributed by atoms with van der Waals surface area (Å²) in [5, 5.41) is 2.59. The van der Waals surface area contributed by atoms with E-state index in [0.717, 1.165) is 12.8 Å². The van der Waals surface area contributed by atoms with Gasteiger partial charge in [0, 0.05) is 12.1 Å². The van der Waals surface area contributed by atoms with Crippen molar-refractivity contribution in [2.75, 3.05) is 19.8 Å². The standard InChI is InChI=1S/C12H19NO4/c1-9(2)11(14)16-7-3-6-13-12(15)17-8-10-4-5-10/h10H,1,3-8H2,2H3,(H,13,15). The maximum absolute atomic E-state index is 11.1. The molecule has 1 amide bonds. The first-order chi connectivity index (χ1) is 8.09. The Balaban J connectivity index is 1.90. The molecular formula is C12H19NO4. The zero-order chi connectivity index (χ0) is 12.7. The molecule has 5 nitrogen and oxygen atoms in total. The Labute approximate surface area is 101 Å². The lowest BCUT2D eigenvalue weighted by Crippen LogP contribution is -2.27. The van der Waals surface area contributed by atoms with Gasteiger partial charge >= 0.3 is 12.1 Å². The molecule has 0 aromatic carbocycles. The van der Waals surface area contributed by atoms with E-state index in [1.807, 2.05) is 0 Å². The zero-order valence-electron chi connectivity index (χ0n) is 10.2. The number of ether oxygens (including phenoxy) is 2. The molecule has 17 heavy (non-hydrogen) atoms. The highest BCUT2D eigenvalue weighted by atomic mass is 16.5. The Morgan fingerprint density at radius 1 is 1.35 bits per heavy atom. The van der Waals surface area contributed by atoms with Crippen LogP contribution in [-0.2, 0) is 14.3 Å². The first-order valence-electron chi connectivity index (χ1n) is 5.83. The summed E-state index contributed by atoms with van der Waals surface area (Å²) in [6, 6.07) is 0. The monoisotopic (exact) mass is 241 g/mol. The molecule has 1 fully saturated rings. The number of amides is 1. The molecular weight excluding hydrogens is 222 g/mol. The highest BCUT2D eigenvalue weighted by Gasteiger charge is 2.22. The fourth-order valence-electron chi connectivity index (χ4n) is 1.08. The predicted molar refractivity (Wildman–Crippen MR) is 62.5 cm³/mol. The highest BCUT2D eigenvalue weighted by Crippen LogP contribution is 2.28. The summed E-state index contributed by atoms with van der Waals surface area (Å²) in [7, 11) is 0. The van der Waals surface area contributed by atoms with Gasteiger partial charge in [0.15, 0.2) is 0 Å². The molecule has 0 heterocycles. The molecule has 0 bridgehead atoms. The molecule has 96 valence electrons. The zero-order valence-corrected chi connectivity index (χ0v) is 10.2. The third kappa shape index (κ3) is 6.60. The van der Waals surface area contributed by atoms with Crippen LogP contribution in [0.25, 0.3) is 0 Å². The van der Waals surface area contributed by atoms with Gasteiger partial charge in [-0.05, 0) is 32.1 Å². The van der Waals surface area contributed by atoms with Crippen LogP contribution in [0.5, 0.6) is 0 Å². The number of esters is 1. The Morgan fingerprint density at radius 2 is 2.06 bits per heavy atom. The minimum absolute atomic E-state index is 0.272. The molecule has 5 heteroatoms. The van der Waals surface area contributed by atoms with Crippen LogP contribution in [0.4, 0.5) is 4.79 Å². The molecule has 0 aromatic heterocycles. The number of alkyl carbamates (subject to hydrolysis) is 1. The van der Waals surface area contributed by atoms with E-state index in [4.69, 9.17) is 9.47 Å². The summed E-state index contributed by atoms with van der Waals surface area (Å²) in [5.74, 6) is 0.165. The average Bonchev–Trinajstić information content (AvgIpc) is 3.09. The molecule has 1 rings (SSSR count). The van der Waals surface area contributed by atoms with Crippen LogP contribution in [0.15, 0.2) is 12.2 Å². The average molecular weight is 241 g/mol. The van der Waals surface area contributed by atoms with Crippen LogP contribution in [-0.4, -0.2) is 31.8 Å². The molecule has 0 aromatic rings. The third-order valence-electron chi connectivity index (χ3n) is 2.32. The number of hydrogen-bond acceptors (Lipinski definition) is 4. The summed E-state index contributed by atoms with van der Waals surface area (Å²) in [6.07, 6.45) is 2.48. The van der Waals surface area contributed by atoms with Crippen LogP contribution in [0.2, 0.25) is 0 Å². The van der Waals surface area contributed by atoms with Crippen LogP contribution in [0.3, 0.4) is 0 Å². The van der Waals surface area contributed by atoms with Crippen molar-refractivity contribution in [3.63, 3.8) is 0 Å². The fraction of sp³-hybridized carbons (Fsp3) is 0.667. The van der Waals surface area contributed by atoms with Gasteiger partial charge in [0.2, 0.25) is 0 Å². The van der Waals surface area contributed by atoms with E-state index in [0.29, 0.717) is 31.1 Å². The Bertz CT molecular complexity index is 297. The van der Waals surface area contributed by atoms with Gasteiger partial charge in [-0.3, -0.25) is 0 Å². The van der Waals surface area contributed by atoms with Crippen molar-refractivity contribution in [2.24, 2.45) is 5.92 Å². The molecule has 1 aliphatic carbocycles. The van der Waals surface area contributed by atoms with Gasteiger partial charge in [0.05, 0.1) is 13.2 Å². The summed E-state index contributed by atoms with van der Waals surface area (Å²) in [6.45, 7) is 6.28. The predicted octanol–water partition coefficient (Wildman–Crippen LogP) is 1.63. The number of nitrogens with one attached hydrogen (secondary N) is 1. The van der Waals surface area contributed by atoms with Gasteiger partial charge in [-0.15, -0.1) is 0 Å².